The minimum Gasteiger partial charge on any atom is -0.343 e. The first-order valence-electron chi connectivity index (χ1n) is 14.2. The number of hydrogen-bond acceptors (Lipinski definition) is 5. The van der Waals surface area contributed by atoms with Gasteiger partial charge in [0, 0.05) is 55.6 Å². The highest BCUT2D eigenvalue weighted by atomic mass is 15.3. The number of pyridine rings is 1. The molecule has 3 atom stereocenters. The number of aryl methyl sites for hydroxylation is 1. The summed E-state index contributed by atoms with van der Waals surface area (Å²) in [5, 5.41) is 10.5. The van der Waals surface area contributed by atoms with Crippen molar-refractivity contribution in [2.75, 3.05) is 31.5 Å². The fourth-order valence-corrected chi connectivity index (χ4v) is 6.19. The third kappa shape index (κ3) is 5.91. The van der Waals surface area contributed by atoms with Crippen LogP contribution in [0, 0.1) is 11.8 Å². The Morgan fingerprint density at radius 3 is 2.65 bits per heavy atom. The summed E-state index contributed by atoms with van der Waals surface area (Å²) < 4.78 is 2.05. The quantitative estimate of drug-likeness (QED) is 0.393. The maximum Gasteiger partial charge on any atom is 0.130 e. The second kappa shape index (κ2) is 11.4. The number of benzene rings is 1. The van der Waals surface area contributed by atoms with Gasteiger partial charge in [-0.1, -0.05) is 45.9 Å². The molecule has 0 radical (unpaired) electrons. The van der Waals surface area contributed by atoms with Crippen LogP contribution in [0.1, 0.15) is 58.6 Å². The van der Waals surface area contributed by atoms with Crippen molar-refractivity contribution in [1.29, 1.82) is 0 Å². The van der Waals surface area contributed by atoms with Crippen LogP contribution in [-0.2, 0) is 13.6 Å². The molecule has 2 aliphatic rings. The molecule has 3 aromatic rings. The molecule has 0 amide bonds. The van der Waals surface area contributed by atoms with Crippen molar-refractivity contribution in [1.82, 2.24) is 24.6 Å². The van der Waals surface area contributed by atoms with Crippen LogP contribution in [0.3, 0.4) is 0 Å². The Kier molecular flexibility index (Phi) is 7.96. The van der Waals surface area contributed by atoms with Gasteiger partial charge in [-0.25, -0.2) is 4.98 Å². The minimum atomic E-state index is 0.635. The first kappa shape index (κ1) is 25.9. The topological polar surface area (TPSA) is 49.2 Å². The van der Waals surface area contributed by atoms with Gasteiger partial charge < -0.3 is 5.32 Å². The minimum absolute atomic E-state index is 0.635. The summed E-state index contributed by atoms with van der Waals surface area (Å²) >= 11 is 0. The molecule has 1 unspecified atom stereocenters. The first-order chi connectivity index (χ1) is 17.9. The van der Waals surface area contributed by atoms with Gasteiger partial charge in [0.05, 0.1) is 11.9 Å². The number of anilines is 1. The molecule has 2 aliphatic heterocycles. The lowest BCUT2D eigenvalue weighted by Crippen LogP contribution is -2.46. The smallest absolute Gasteiger partial charge is 0.130 e. The van der Waals surface area contributed by atoms with E-state index in [0.717, 1.165) is 48.4 Å². The van der Waals surface area contributed by atoms with E-state index < -0.39 is 0 Å². The van der Waals surface area contributed by atoms with Crippen LogP contribution in [0.4, 0.5) is 5.82 Å². The zero-order chi connectivity index (χ0) is 25.9. The highest BCUT2D eigenvalue weighted by molar-refractivity contribution is 5.88. The van der Waals surface area contributed by atoms with Crippen LogP contribution >= 0.6 is 0 Å². The molecule has 2 aromatic heterocycles. The number of aromatic nitrogens is 3. The number of likely N-dealkylation sites (tertiary alicyclic amines) is 2. The Morgan fingerprint density at radius 2 is 1.86 bits per heavy atom. The van der Waals surface area contributed by atoms with Crippen LogP contribution in [0.15, 0.2) is 48.9 Å². The molecular formula is C31H44N6. The van der Waals surface area contributed by atoms with Gasteiger partial charge >= 0.3 is 0 Å². The molecule has 0 aliphatic carbocycles. The van der Waals surface area contributed by atoms with E-state index in [-0.39, 0.29) is 0 Å². The van der Waals surface area contributed by atoms with Gasteiger partial charge in [0.1, 0.15) is 5.82 Å². The highest BCUT2D eigenvalue weighted by Gasteiger charge is 2.30. The summed E-state index contributed by atoms with van der Waals surface area (Å²) in [4.78, 5) is 9.86. The Balaban J connectivity index is 1.32. The second-order valence-electron chi connectivity index (χ2n) is 11.5. The summed E-state index contributed by atoms with van der Waals surface area (Å²) in [5.74, 6) is 2.37. The zero-order valence-electron chi connectivity index (χ0n) is 23.2. The molecule has 1 aromatic carbocycles. The van der Waals surface area contributed by atoms with Gasteiger partial charge in [-0.15, -0.1) is 0 Å². The average Bonchev–Trinajstić information content (AvgIpc) is 3.26. The maximum atomic E-state index is 4.69. The summed E-state index contributed by atoms with van der Waals surface area (Å²) in [7, 11) is 2.06. The predicted octanol–water partition coefficient (Wildman–Crippen LogP) is 6.30. The molecular weight excluding hydrogens is 456 g/mol. The Hall–Kier alpha value is -2.70. The predicted molar refractivity (Wildman–Crippen MR) is 154 cm³/mol. The zero-order valence-corrected chi connectivity index (χ0v) is 23.2. The largest absolute Gasteiger partial charge is 0.343 e. The number of nitrogens with one attached hydrogen (secondary N) is 1. The molecule has 2 fully saturated rings. The standard InChI is InChI=1S/C31H44N6/c1-6-28-14-22(2)23(3)19-37(28)20-24(4)34-31-16-27-15-25(10-11-26(27)17-32-31)29-18-33-35(5)30(29)21-36-12-8-7-9-13-36/h10-11,15-18,22-23,28H,4,6-9,12-14,19-21H2,1-3,5H3,(H,32,34)/t22?,23-,28-/m1/s1. The number of hydrogen-bond donors (Lipinski definition) is 1. The monoisotopic (exact) mass is 500 g/mol. The van der Waals surface area contributed by atoms with E-state index in [1.54, 1.807) is 0 Å². The van der Waals surface area contributed by atoms with Crippen molar-refractivity contribution in [3.8, 4) is 11.1 Å². The summed E-state index contributed by atoms with van der Waals surface area (Å²) in [6.45, 7) is 16.8. The Morgan fingerprint density at radius 1 is 1.05 bits per heavy atom. The van der Waals surface area contributed by atoms with Crippen LogP contribution in [0.5, 0.6) is 0 Å². The van der Waals surface area contributed by atoms with Gasteiger partial charge in [0.2, 0.25) is 0 Å². The van der Waals surface area contributed by atoms with Crippen molar-refractivity contribution in [3.63, 3.8) is 0 Å². The van der Waals surface area contributed by atoms with E-state index in [2.05, 4.69) is 78.9 Å². The normalized spacial score (nSPS) is 23.4. The fraction of sp³-hybridized carbons (Fsp3) is 0.548. The van der Waals surface area contributed by atoms with Gasteiger partial charge in [0.15, 0.2) is 0 Å². The van der Waals surface area contributed by atoms with Gasteiger partial charge in [-0.2, -0.15) is 5.10 Å². The van der Waals surface area contributed by atoms with Crippen molar-refractivity contribution in [3.05, 3.63) is 54.6 Å². The maximum absolute atomic E-state index is 4.69. The Labute approximate surface area is 222 Å². The highest BCUT2D eigenvalue weighted by Crippen LogP contribution is 2.31. The summed E-state index contributed by atoms with van der Waals surface area (Å²) in [6, 6.07) is 9.45. The number of nitrogens with zero attached hydrogens (tertiary/aromatic N) is 5. The SMILES string of the molecule is C=C(CN1C[C@@H](C)C(C)C[C@H]1CC)Nc1cc2cc(-c3cnn(C)c3CN3CCCCC3)ccc2cn1. The van der Waals surface area contributed by atoms with Crippen molar-refractivity contribution < 1.29 is 0 Å². The lowest BCUT2D eigenvalue weighted by Gasteiger charge is -2.42. The van der Waals surface area contributed by atoms with Gasteiger partial charge in [-0.3, -0.25) is 14.5 Å². The number of fused-ring (bicyclic) bond motifs is 1. The van der Waals surface area contributed by atoms with E-state index in [1.165, 1.54) is 67.4 Å². The fourth-order valence-electron chi connectivity index (χ4n) is 6.19. The van der Waals surface area contributed by atoms with E-state index in [0.29, 0.717) is 6.04 Å². The molecule has 37 heavy (non-hydrogen) atoms. The second-order valence-corrected chi connectivity index (χ2v) is 11.5. The Bertz CT molecular complexity index is 1220. The van der Waals surface area contributed by atoms with Crippen molar-refractivity contribution in [2.45, 2.75) is 65.5 Å². The molecule has 6 heteroatoms. The van der Waals surface area contributed by atoms with E-state index >= 15 is 0 Å². The molecule has 5 rings (SSSR count). The molecule has 0 saturated carbocycles. The third-order valence-corrected chi connectivity index (χ3v) is 8.74. The summed E-state index contributed by atoms with van der Waals surface area (Å²) in [5.41, 5.74) is 4.74. The molecule has 6 nitrogen and oxygen atoms in total. The van der Waals surface area contributed by atoms with E-state index in [9.17, 15) is 0 Å². The number of rotatable bonds is 8. The molecule has 0 bridgehead atoms. The van der Waals surface area contributed by atoms with Crippen LogP contribution in [-0.4, -0.2) is 56.8 Å². The van der Waals surface area contributed by atoms with Gasteiger partial charge in [-0.05, 0) is 73.7 Å². The van der Waals surface area contributed by atoms with Crippen molar-refractivity contribution in [2.24, 2.45) is 18.9 Å². The van der Waals surface area contributed by atoms with Crippen LogP contribution in [0.25, 0.3) is 21.9 Å². The van der Waals surface area contributed by atoms with Crippen LogP contribution < -0.4 is 5.32 Å². The third-order valence-electron chi connectivity index (χ3n) is 8.74. The molecule has 0 spiro atoms. The van der Waals surface area contributed by atoms with E-state index in [1.807, 2.05) is 17.1 Å². The first-order valence-corrected chi connectivity index (χ1v) is 14.2. The lowest BCUT2D eigenvalue weighted by molar-refractivity contribution is 0.0829. The van der Waals surface area contributed by atoms with Gasteiger partial charge in [0.25, 0.3) is 0 Å². The average molecular weight is 501 g/mol. The number of piperidine rings is 2. The lowest BCUT2D eigenvalue weighted by atomic mass is 9.83. The molecule has 1 N–H and O–H groups in total. The molecule has 4 heterocycles. The van der Waals surface area contributed by atoms with Crippen LogP contribution in [0.2, 0.25) is 0 Å². The summed E-state index contributed by atoms with van der Waals surface area (Å²) in [6.07, 6.45) is 10.4. The van der Waals surface area contributed by atoms with E-state index in [4.69, 9.17) is 4.98 Å². The molecule has 2 saturated heterocycles. The van der Waals surface area contributed by atoms with Crippen molar-refractivity contribution >= 4 is 16.6 Å². The molecule has 198 valence electrons.